The highest BCUT2D eigenvalue weighted by atomic mass is 32.2. The van der Waals surface area contributed by atoms with Crippen LogP contribution in [0.5, 0.6) is 0 Å². The van der Waals surface area contributed by atoms with Gasteiger partial charge in [0.15, 0.2) is 0 Å². The van der Waals surface area contributed by atoms with Gasteiger partial charge < -0.3 is 5.32 Å². The Morgan fingerprint density at radius 2 is 1.74 bits per heavy atom. The maximum atomic E-state index is 12.5. The topological polar surface area (TPSA) is 78.5 Å². The minimum absolute atomic E-state index is 0.167. The second-order valence-corrected chi connectivity index (χ2v) is 8.61. The van der Waals surface area contributed by atoms with Gasteiger partial charge in [0.2, 0.25) is 10.0 Å². The lowest BCUT2D eigenvalue weighted by atomic mass is 10.1. The predicted octanol–water partition coefficient (Wildman–Crippen LogP) is 2.12. The number of hydrogen-bond acceptors (Lipinski definition) is 4. The van der Waals surface area contributed by atoms with Crippen LogP contribution in [0, 0.1) is 0 Å². The molecule has 0 aliphatic carbocycles. The lowest BCUT2D eigenvalue weighted by Gasteiger charge is -2.15. The zero-order valence-corrected chi connectivity index (χ0v) is 16.3. The van der Waals surface area contributed by atoms with E-state index in [9.17, 15) is 13.2 Å². The van der Waals surface area contributed by atoms with Crippen LogP contribution in [0.4, 0.5) is 0 Å². The molecule has 1 aliphatic rings. The van der Waals surface area contributed by atoms with Crippen molar-refractivity contribution in [3.8, 4) is 0 Å². The van der Waals surface area contributed by atoms with Crippen molar-refractivity contribution in [2.24, 2.45) is 0 Å². The van der Waals surface area contributed by atoms with Gasteiger partial charge in [-0.25, -0.2) is 13.1 Å². The summed E-state index contributed by atoms with van der Waals surface area (Å²) in [6, 6.07) is 14.2. The normalized spacial score (nSPS) is 15.0. The first-order chi connectivity index (χ1) is 13.0. The summed E-state index contributed by atoms with van der Waals surface area (Å²) in [5, 5.41) is 2.87. The maximum Gasteiger partial charge on any atom is 0.251 e. The first kappa shape index (κ1) is 19.5. The van der Waals surface area contributed by atoms with E-state index in [1.165, 1.54) is 26.0 Å². The molecule has 1 amide bonds. The molecule has 1 aliphatic heterocycles. The molecular formula is C20H25N3O3S. The van der Waals surface area contributed by atoms with Crippen molar-refractivity contribution < 1.29 is 13.2 Å². The highest BCUT2D eigenvalue weighted by Gasteiger charge is 2.14. The Labute approximate surface area is 160 Å². The lowest BCUT2D eigenvalue weighted by molar-refractivity contribution is 0.0950. The number of hydrogen-bond donors (Lipinski definition) is 2. The van der Waals surface area contributed by atoms with Crippen LogP contribution in [0.15, 0.2) is 53.4 Å². The van der Waals surface area contributed by atoms with Gasteiger partial charge in [0, 0.05) is 18.7 Å². The number of amides is 1. The van der Waals surface area contributed by atoms with E-state index >= 15 is 0 Å². The summed E-state index contributed by atoms with van der Waals surface area (Å²) in [6.45, 7) is 3.36. The molecule has 0 atom stereocenters. The summed E-state index contributed by atoms with van der Waals surface area (Å²) in [6.07, 6.45) is 2.48. The zero-order chi connectivity index (χ0) is 19.3. The number of nitrogens with zero attached hydrogens (tertiary/aromatic N) is 1. The van der Waals surface area contributed by atoms with Gasteiger partial charge in [0.25, 0.3) is 5.91 Å². The Morgan fingerprint density at radius 1 is 1.04 bits per heavy atom. The number of sulfonamides is 1. The molecule has 7 heteroatoms. The van der Waals surface area contributed by atoms with E-state index in [4.69, 9.17) is 0 Å². The van der Waals surface area contributed by atoms with Crippen molar-refractivity contribution in [2.45, 2.75) is 30.8 Å². The lowest BCUT2D eigenvalue weighted by Crippen LogP contribution is -2.24. The number of carbonyl (C=O) groups is 1. The summed E-state index contributed by atoms with van der Waals surface area (Å²) in [4.78, 5) is 15.1. The van der Waals surface area contributed by atoms with Crippen LogP contribution in [0.25, 0.3) is 0 Å². The van der Waals surface area contributed by atoms with Crippen LogP contribution in [0.1, 0.15) is 34.3 Å². The van der Waals surface area contributed by atoms with Crippen LogP contribution in [0.2, 0.25) is 0 Å². The fourth-order valence-corrected chi connectivity index (χ4v) is 4.03. The van der Waals surface area contributed by atoms with Crippen molar-refractivity contribution in [3.05, 3.63) is 65.2 Å². The van der Waals surface area contributed by atoms with Crippen molar-refractivity contribution in [1.29, 1.82) is 0 Å². The van der Waals surface area contributed by atoms with Gasteiger partial charge in [-0.2, -0.15) is 0 Å². The Kier molecular flexibility index (Phi) is 6.26. The van der Waals surface area contributed by atoms with Crippen molar-refractivity contribution in [1.82, 2.24) is 14.9 Å². The Morgan fingerprint density at radius 3 is 2.48 bits per heavy atom. The molecule has 0 aromatic heterocycles. The average Bonchev–Trinajstić information content (AvgIpc) is 3.19. The van der Waals surface area contributed by atoms with Crippen LogP contribution < -0.4 is 10.0 Å². The number of benzene rings is 2. The molecule has 1 saturated heterocycles. The van der Waals surface area contributed by atoms with Crippen molar-refractivity contribution in [3.63, 3.8) is 0 Å². The minimum atomic E-state index is -3.50. The molecule has 0 unspecified atom stereocenters. The first-order valence-electron chi connectivity index (χ1n) is 9.10. The van der Waals surface area contributed by atoms with E-state index in [1.54, 1.807) is 24.3 Å². The predicted molar refractivity (Wildman–Crippen MR) is 105 cm³/mol. The largest absolute Gasteiger partial charge is 0.348 e. The van der Waals surface area contributed by atoms with Crippen LogP contribution in [-0.2, 0) is 23.1 Å². The van der Waals surface area contributed by atoms with Gasteiger partial charge in [-0.1, -0.05) is 24.3 Å². The van der Waals surface area contributed by atoms with Gasteiger partial charge in [-0.3, -0.25) is 9.69 Å². The van der Waals surface area contributed by atoms with Crippen molar-refractivity contribution >= 4 is 15.9 Å². The van der Waals surface area contributed by atoms with E-state index in [2.05, 4.69) is 14.9 Å². The Hall–Kier alpha value is -2.22. The standard InChI is InChI=1S/C20H25N3O3S/c1-21-27(25,26)19-9-5-6-16(13-19)14-22-20(24)18-8-4-7-17(12-18)15-23-10-2-3-11-23/h4-9,12-13,21H,2-3,10-11,14-15H2,1H3,(H,22,24). The quantitative estimate of drug-likeness (QED) is 0.763. The van der Waals surface area contributed by atoms with Crippen LogP contribution in [-0.4, -0.2) is 39.4 Å². The molecule has 0 spiro atoms. The third kappa shape index (κ3) is 5.15. The van der Waals surface area contributed by atoms with E-state index in [1.807, 2.05) is 18.2 Å². The van der Waals surface area contributed by atoms with Gasteiger partial charge in [0.1, 0.15) is 0 Å². The van der Waals surface area contributed by atoms with E-state index < -0.39 is 10.0 Å². The number of nitrogens with one attached hydrogen (secondary N) is 2. The molecule has 0 radical (unpaired) electrons. The van der Waals surface area contributed by atoms with E-state index in [-0.39, 0.29) is 17.3 Å². The molecule has 144 valence electrons. The molecule has 1 heterocycles. The van der Waals surface area contributed by atoms with Gasteiger partial charge in [-0.05, 0) is 68.4 Å². The fraction of sp³-hybridized carbons (Fsp3) is 0.350. The molecule has 0 saturated carbocycles. The summed E-state index contributed by atoms with van der Waals surface area (Å²) < 4.78 is 26.1. The van der Waals surface area contributed by atoms with Crippen molar-refractivity contribution in [2.75, 3.05) is 20.1 Å². The van der Waals surface area contributed by atoms with Gasteiger partial charge in [-0.15, -0.1) is 0 Å². The smallest absolute Gasteiger partial charge is 0.251 e. The molecule has 2 aromatic rings. The summed E-state index contributed by atoms with van der Waals surface area (Å²) in [7, 11) is -2.12. The molecule has 0 bridgehead atoms. The average molecular weight is 388 g/mol. The van der Waals surface area contributed by atoms with Gasteiger partial charge >= 0.3 is 0 Å². The molecular weight excluding hydrogens is 362 g/mol. The highest BCUT2D eigenvalue weighted by Crippen LogP contribution is 2.14. The first-order valence-corrected chi connectivity index (χ1v) is 10.6. The molecule has 6 nitrogen and oxygen atoms in total. The molecule has 2 aromatic carbocycles. The number of likely N-dealkylation sites (tertiary alicyclic amines) is 1. The zero-order valence-electron chi connectivity index (χ0n) is 15.4. The van der Waals surface area contributed by atoms with Crippen LogP contribution in [0.3, 0.4) is 0 Å². The third-order valence-electron chi connectivity index (χ3n) is 4.72. The van der Waals surface area contributed by atoms with Crippen LogP contribution >= 0.6 is 0 Å². The Balaban J connectivity index is 1.63. The molecule has 3 rings (SSSR count). The monoisotopic (exact) mass is 387 g/mol. The SMILES string of the molecule is CNS(=O)(=O)c1cccc(CNC(=O)c2cccc(CN3CCCC3)c2)c1. The fourth-order valence-electron chi connectivity index (χ4n) is 3.23. The summed E-state index contributed by atoms with van der Waals surface area (Å²) in [5.74, 6) is -0.167. The van der Waals surface area contributed by atoms with E-state index in [0.717, 1.165) is 30.8 Å². The maximum absolute atomic E-state index is 12.5. The molecule has 2 N–H and O–H groups in total. The number of carbonyl (C=O) groups excluding carboxylic acids is 1. The summed E-state index contributed by atoms with van der Waals surface area (Å²) >= 11 is 0. The summed E-state index contributed by atoms with van der Waals surface area (Å²) in [5.41, 5.74) is 2.48. The second-order valence-electron chi connectivity index (χ2n) is 6.72. The molecule has 1 fully saturated rings. The Bertz CT molecular complexity index is 906. The second kappa shape index (κ2) is 8.65. The molecule has 27 heavy (non-hydrogen) atoms. The minimum Gasteiger partial charge on any atom is -0.348 e. The number of rotatable bonds is 7. The van der Waals surface area contributed by atoms with Gasteiger partial charge in [0.05, 0.1) is 4.90 Å². The third-order valence-corrected chi connectivity index (χ3v) is 6.14. The van der Waals surface area contributed by atoms with E-state index in [0.29, 0.717) is 5.56 Å². The highest BCUT2D eigenvalue weighted by molar-refractivity contribution is 7.89.